The Morgan fingerprint density at radius 3 is 2.68 bits per heavy atom. The maximum Gasteiger partial charge on any atom is 0.272 e. The summed E-state index contributed by atoms with van der Waals surface area (Å²) in [7, 11) is 0. The minimum Gasteiger partial charge on any atom is -0.347 e. The average molecular weight is 356 g/mol. The molecule has 0 unspecified atom stereocenters. The van der Waals surface area contributed by atoms with Gasteiger partial charge < -0.3 is 5.32 Å². The molecule has 0 saturated carbocycles. The first-order chi connectivity index (χ1) is 10.7. The number of hydrogen-bond donors (Lipinski definition) is 1. The molecule has 3 aromatic rings. The van der Waals surface area contributed by atoms with Crippen LogP contribution in [-0.4, -0.2) is 15.7 Å². The molecule has 1 N–H and O–H groups in total. The van der Waals surface area contributed by atoms with E-state index >= 15 is 0 Å². The van der Waals surface area contributed by atoms with Crippen molar-refractivity contribution in [3.05, 3.63) is 82.6 Å². The van der Waals surface area contributed by atoms with Crippen molar-refractivity contribution >= 4 is 21.8 Å². The lowest BCUT2D eigenvalue weighted by Crippen LogP contribution is -2.23. The molecule has 1 aromatic heterocycles. The van der Waals surface area contributed by atoms with E-state index in [1.807, 2.05) is 54.6 Å². The monoisotopic (exact) mass is 355 g/mol. The summed E-state index contributed by atoms with van der Waals surface area (Å²) >= 11 is 3.41. The van der Waals surface area contributed by atoms with E-state index in [1.54, 1.807) is 16.9 Å². The molecule has 0 aliphatic heterocycles. The van der Waals surface area contributed by atoms with Crippen LogP contribution in [-0.2, 0) is 6.54 Å². The van der Waals surface area contributed by atoms with Crippen LogP contribution in [0.2, 0.25) is 0 Å². The zero-order valence-electron chi connectivity index (χ0n) is 11.7. The number of amides is 1. The van der Waals surface area contributed by atoms with Gasteiger partial charge in [0.15, 0.2) is 5.69 Å². The molecule has 0 saturated heterocycles. The molecular weight excluding hydrogens is 342 g/mol. The molecule has 0 spiro atoms. The molecule has 0 fully saturated rings. The van der Waals surface area contributed by atoms with Gasteiger partial charge in [0.1, 0.15) is 0 Å². The Morgan fingerprint density at radius 2 is 1.91 bits per heavy atom. The van der Waals surface area contributed by atoms with Crippen LogP contribution in [0.15, 0.2) is 71.3 Å². The Balaban J connectivity index is 1.67. The number of rotatable bonds is 4. The summed E-state index contributed by atoms with van der Waals surface area (Å²) in [4.78, 5) is 12.1. The van der Waals surface area contributed by atoms with E-state index in [-0.39, 0.29) is 5.91 Å². The van der Waals surface area contributed by atoms with Crippen molar-refractivity contribution in [1.29, 1.82) is 0 Å². The van der Waals surface area contributed by atoms with Crippen LogP contribution in [0.3, 0.4) is 0 Å². The van der Waals surface area contributed by atoms with Crippen LogP contribution < -0.4 is 5.32 Å². The van der Waals surface area contributed by atoms with Crippen molar-refractivity contribution < 1.29 is 4.79 Å². The number of hydrogen-bond acceptors (Lipinski definition) is 2. The Bertz CT molecular complexity index is 783. The van der Waals surface area contributed by atoms with Gasteiger partial charge >= 0.3 is 0 Å². The minimum absolute atomic E-state index is 0.186. The van der Waals surface area contributed by atoms with E-state index in [4.69, 9.17) is 0 Å². The molecule has 0 aliphatic rings. The highest BCUT2D eigenvalue weighted by atomic mass is 79.9. The number of nitrogens with zero attached hydrogens (tertiary/aromatic N) is 2. The van der Waals surface area contributed by atoms with Crippen LogP contribution in [0.25, 0.3) is 5.69 Å². The SMILES string of the molecule is O=C(NCc1cccc(Br)c1)c1ccn(-c2ccccc2)n1. The summed E-state index contributed by atoms with van der Waals surface area (Å²) in [5.41, 5.74) is 2.36. The van der Waals surface area contributed by atoms with Crippen LogP contribution in [0.1, 0.15) is 16.1 Å². The quantitative estimate of drug-likeness (QED) is 0.777. The third-order valence-electron chi connectivity index (χ3n) is 3.18. The van der Waals surface area contributed by atoms with Crippen LogP contribution >= 0.6 is 15.9 Å². The van der Waals surface area contributed by atoms with Crippen molar-refractivity contribution in [3.63, 3.8) is 0 Å². The molecule has 0 bridgehead atoms. The fraction of sp³-hybridized carbons (Fsp3) is 0.0588. The van der Waals surface area contributed by atoms with Gasteiger partial charge in [-0.05, 0) is 35.9 Å². The lowest BCUT2D eigenvalue weighted by molar-refractivity contribution is 0.0945. The van der Waals surface area contributed by atoms with Gasteiger partial charge in [-0.1, -0.05) is 46.3 Å². The summed E-state index contributed by atoms with van der Waals surface area (Å²) in [6.45, 7) is 0.469. The third kappa shape index (κ3) is 3.43. The zero-order valence-corrected chi connectivity index (χ0v) is 13.3. The van der Waals surface area contributed by atoms with E-state index in [9.17, 15) is 4.79 Å². The van der Waals surface area contributed by atoms with Crippen molar-refractivity contribution in [2.24, 2.45) is 0 Å². The van der Waals surface area contributed by atoms with Gasteiger partial charge in [0.25, 0.3) is 5.91 Å². The first-order valence-corrected chi connectivity index (χ1v) is 7.65. The minimum atomic E-state index is -0.186. The summed E-state index contributed by atoms with van der Waals surface area (Å²) in [6.07, 6.45) is 1.78. The van der Waals surface area contributed by atoms with Gasteiger partial charge in [-0.25, -0.2) is 4.68 Å². The predicted molar refractivity (Wildman–Crippen MR) is 88.9 cm³/mol. The fourth-order valence-electron chi connectivity index (χ4n) is 2.09. The van der Waals surface area contributed by atoms with Crippen LogP contribution in [0, 0.1) is 0 Å². The topological polar surface area (TPSA) is 46.9 Å². The molecule has 0 atom stereocenters. The highest BCUT2D eigenvalue weighted by molar-refractivity contribution is 9.10. The smallest absolute Gasteiger partial charge is 0.272 e. The second-order valence-electron chi connectivity index (χ2n) is 4.79. The fourth-order valence-corrected chi connectivity index (χ4v) is 2.54. The van der Waals surface area contributed by atoms with E-state index < -0.39 is 0 Å². The molecule has 0 radical (unpaired) electrons. The van der Waals surface area contributed by atoms with Gasteiger partial charge in [-0.15, -0.1) is 0 Å². The Kier molecular flexibility index (Phi) is 4.34. The Labute approximate surface area is 136 Å². The Hall–Kier alpha value is -2.40. The highest BCUT2D eigenvalue weighted by Crippen LogP contribution is 2.11. The molecule has 2 aromatic carbocycles. The molecule has 1 heterocycles. The average Bonchev–Trinajstić information content (AvgIpc) is 3.04. The van der Waals surface area contributed by atoms with Crippen molar-refractivity contribution in [3.8, 4) is 5.69 Å². The number of aromatic nitrogens is 2. The molecule has 3 rings (SSSR count). The van der Waals surface area contributed by atoms with E-state index in [0.29, 0.717) is 12.2 Å². The molecule has 110 valence electrons. The summed E-state index contributed by atoms with van der Waals surface area (Å²) < 4.78 is 2.68. The van der Waals surface area contributed by atoms with Crippen molar-refractivity contribution in [1.82, 2.24) is 15.1 Å². The Morgan fingerprint density at radius 1 is 1.09 bits per heavy atom. The zero-order chi connectivity index (χ0) is 15.4. The lowest BCUT2D eigenvalue weighted by Gasteiger charge is -2.04. The number of benzene rings is 2. The van der Waals surface area contributed by atoms with Crippen LogP contribution in [0.4, 0.5) is 0 Å². The normalized spacial score (nSPS) is 10.4. The van der Waals surface area contributed by atoms with Gasteiger partial charge in [-0.2, -0.15) is 5.10 Å². The number of nitrogens with one attached hydrogen (secondary N) is 1. The van der Waals surface area contributed by atoms with Gasteiger partial charge in [-0.3, -0.25) is 4.79 Å². The number of para-hydroxylation sites is 1. The van der Waals surface area contributed by atoms with Gasteiger partial charge in [0.2, 0.25) is 0 Å². The van der Waals surface area contributed by atoms with E-state index in [1.165, 1.54) is 0 Å². The number of halogens is 1. The van der Waals surface area contributed by atoms with Crippen LogP contribution in [0.5, 0.6) is 0 Å². The third-order valence-corrected chi connectivity index (χ3v) is 3.68. The predicted octanol–water partition coefficient (Wildman–Crippen LogP) is 3.56. The van der Waals surface area contributed by atoms with E-state index in [2.05, 4.69) is 26.3 Å². The van der Waals surface area contributed by atoms with E-state index in [0.717, 1.165) is 15.7 Å². The maximum atomic E-state index is 12.1. The summed E-state index contributed by atoms with van der Waals surface area (Å²) in [6, 6.07) is 19.2. The molecule has 0 aliphatic carbocycles. The molecular formula is C17H14BrN3O. The molecule has 5 heteroatoms. The van der Waals surface area contributed by atoms with Gasteiger partial charge in [0.05, 0.1) is 5.69 Å². The second kappa shape index (κ2) is 6.58. The lowest BCUT2D eigenvalue weighted by atomic mass is 10.2. The molecule has 22 heavy (non-hydrogen) atoms. The largest absolute Gasteiger partial charge is 0.347 e. The van der Waals surface area contributed by atoms with Crippen molar-refractivity contribution in [2.45, 2.75) is 6.54 Å². The molecule has 1 amide bonds. The standard InChI is InChI=1S/C17H14BrN3O/c18-14-6-4-5-13(11-14)12-19-17(22)16-9-10-21(20-16)15-7-2-1-3-8-15/h1-11H,12H2,(H,19,22). The molecule has 4 nitrogen and oxygen atoms in total. The maximum absolute atomic E-state index is 12.1. The first-order valence-electron chi connectivity index (χ1n) is 6.86. The number of carbonyl (C=O) groups is 1. The summed E-state index contributed by atoms with van der Waals surface area (Å²) in [5.74, 6) is -0.186. The summed E-state index contributed by atoms with van der Waals surface area (Å²) in [5, 5.41) is 7.18. The number of carbonyl (C=O) groups excluding carboxylic acids is 1. The highest BCUT2D eigenvalue weighted by Gasteiger charge is 2.09. The first kappa shape index (κ1) is 14.5. The second-order valence-corrected chi connectivity index (χ2v) is 5.71. The van der Waals surface area contributed by atoms with Gasteiger partial charge in [0, 0.05) is 17.2 Å². The van der Waals surface area contributed by atoms with Crippen molar-refractivity contribution in [2.75, 3.05) is 0 Å².